The Balaban J connectivity index is 1.71. The van der Waals surface area contributed by atoms with Gasteiger partial charge in [-0.1, -0.05) is 12.1 Å². The van der Waals surface area contributed by atoms with E-state index in [-0.39, 0.29) is 11.9 Å². The van der Waals surface area contributed by atoms with Gasteiger partial charge in [-0.15, -0.1) is 22.7 Å². The fourth-order valence-corrected chi connectivity index (χ4v) is 3.78. The van der Waals surface area contributed by atoms with E-state index >= 15 is 0 Å². The summed E-state index contributed by atoms with van der Waals surface area (Å²) in [5.74, 6) is 0.271. The minimum atomic E-state index is -0.258. The predicted molar refractivity (Wildman–Crippen MR) is 92.7 cm³/mol. The van der Waals surface area contributed by atoms with Gasteiger partial charge in [0.05, 0.1) is 13.2 Å². The molecule has 0 fully saturated rings. The number of ether oxygens (including phenoxy) is 1. The monoisotopic (exact) mass is 348 g/mol. The van der Waals surface area contributed by atoms with Crippen molar-refractivity contribution in [3.63, 3.8) is 0 Å². The first-order chi connectivity index (χ1) is 11.3. The Morgan fingerprint density at radius 3 is 2.83 bits per heavy atom. The van der Waals surface area contributed by atoms with Crippen LogP contribution in [-0.2, 0) is 13.0 Å². The van der Waals surface area contributed by atoms with Crippen LogP contribution in [0.4, 0.5) is 4.39 Å². The van der Waals surface area contributed by atoms with Crippen molar-refractivity contribution in [1.82, 2.24) is 10.3 Å². The molecule has 23 heavy (non-hydrogen) atoms. The lowest BCUT2D eigenvalue weighted by molar-refractivity contribution is 0.410. The molecule has 0 saturated heterocycles. The molecule has 1 atom stereocenters. The van der Waals surface area contributed by atoms with E-state index in [1.165, 1.54) is 18.1 Å². The van der Waals surface area contributed by atoms with E-state index in [0.29, 0.717) is 17.9 Å². The van der Waals surface area contributed by atoms with Gasteiger partial charge in [-0.05, 0) is 17.5 Å². The van der Waals surface area contributed by atoms with Gasteiger partial charge in [-0.3, -0.25) is 0 Å². The van der Waals surface area contributed by atoms with Crippen molar-refractivity contribution in [2.24, 2.45) is 0 Å². The van der Waals surface area contributed by atoms with Crippen LogP contribution in [0.3, 0.4) is 0 Å². The molecule has 0 saturated carbocycles. The molecule has 0 amide bonds. The van der Waals surface area contributed by atoms with Crippen LogP contribution in [0.5, 0.6) is 5.75 Å². The first-order valence-corrected chi connectivity index (χ1v) is 9.00. The number of benzene rings is 1. The van der Waals surface area contributed by atoms with Crippen molar-refractivity contribution in [2.45, 2.75) is 19.0 Å². The fourth-order valence-electron chi connectivity index (χ4n) is 2.31. The Bertz CT molecular complexity index is 729. The van der Waals surface area contributed by atoms with Gasteiger partial charge in [0.25, 0.3) is 0 Å². The average molecular weight is 348 g/mol. The normalized spacial score (nSPS) is 12.3. The van der Waals surface area contributed by atoms with Gasteiger partial charge in [0, 0.05) is 41.0 Å². The van der Waals surface area contributed by atoms with Gasteiger partial charge < -0.3 is 10.1 Å². The summed E-state index contributed by atoms with van der Waals surface area (Å²) in [6, 6.07) is 9.18. The van der Waals surface area contributed by atoms with Crippen molar-refractivity contribution in [3.8, 4) is 5.75 Å². The van der Waals surface area contributed by atoms with Gasteiger partial charge in [0.15, 0.2) is 0 Å². The molecule has 2 aromatic heterocycles. The standard InChI is InChI=1S/C17H17FN2OS2/c1-21-13-5-4-12(15(18)9-13)11-20-16(17-19-6-8-23-17)10-14-3-2-7-22-14/h2-9,16,20H,10-11H2,1H3. The second-order valence-corrected chi connectivity index (χ2v) is 7.00. The molecule has 3 rings (SSSR count). The van der Waals surface area contributed by atoms with Crippen LogP contribution >= 0.6 is 22.7 Å². The highest BCUT2D eigenvalue weighted by atomic mass is 32.1. The van der Waals surface area contributed by atoms with Crippen LogP contribution in [-0.4, -0.2) is 12.1 Å². The number of halogens is 1. The SMILES string of the molecule is COc1ccc(CNC(Cc2cccs2)c2nccs2)c(F)c1. The average Bonchev–Trinajstić information content (AvgIpc) is 3.25. The summed E-state index contributed by atoms with van der Waals surface area (Å²) < 4.78 is 19.1. The molecule has 2 heterocycles. The molecule has 0 spiro atoms. The van der Waals surface area contributed by atoms with Crippen LogP contribution in [0.2, 0.25) is 0 Å². The number of thiophene rings is 1. The second-order valence-electron chi connectivity index (χ2n) is 5.04. The van der Waals surface area contributed by atoms with E-state index in [1.807, 2.05) is 11.4 Å². The summed E-state index contributed by atoms with van der Waals surface area (Å²) in [7, 11) is 1.53. The Morgan fingerprint density at radius 2 is 2.17 bits per heavy atom. The third-order valence-corrected chi connectivity index (χ3v) is 5.32. The second kappa shape index (κ2) is 7.68. The van der Waals surface area contributed by atoms with E-state index in [1.54, 1.807) is 41.0 Å². The lowest BCUT2D eigenvalue weighted by atomic mass is 10.1. The first-order valence-electron chi connectivity index (χ1n) is 7.24. The predicted octanol–water partition coefficient (Wildman–Crippen LogP) is 4.43. The van der Waals surface area contributed by atoms with E-state index in [4.69, 9.17) is 4.74 Å². The highest BCUT2D eigenvalue weighted by Gasteiger charge is 2.16. The highest BCUT2D eigenvalue weighted by molar-refractivity contribution is 7.10. The van der Waals surface area contributed by atoms with Crippen molar-refractivity contribution >= 4 is 22.7 Å². The summed E-state index contributed by atoms with van der Waals surface area (Å²) in [6.07, 6.45) is 2.65. The number of methoxy groups -OCH3 is 1. The molecule has 1 N–H and O–H groups in total. The largest absolute Gasteiger partial charge is 0.497 e. The molecule has 0 aliphatic rings. The van der Waals surface area contributed by atoms with Gasteiger partial charge in [-0.25, -0.2) is 9.37 Å². The summed E-state index contributed by atoms with van der Waals surface area (Å²) in [4.78, 5) is 5.69. The van der Waals surface area contributed by atoms with Gasteiger partial charge in [0.1, 0.15) is 16.6 Å². The number of aromatic nitrogens is 1. The van der Waals surface area contributed by atoms with Crippen LogP contribution in [0.1, 0.15) is 21.5 Å². The summed E-state index contributed by atoms with van der Waals surface area (Å²) in [5.41, 5.74) is 0.624. The smallest absolute Gasteiger partial charge is 0.131 e. The topological polar surface area (TPSA) is 34.1 Å². The highest BCUT2D eigenvalue weighted by Crippen LogP contribution is 2.24. The molecule has 0 bridgehead atoms. The van der Waals surface area contributed by atoms with Gasteiger partial charge in [0.2, 0.25) is 0 Å². The fraction of sp³-hybridized carbons (Fsp3) is 0.235. The van der Waals surface area contributed by atoms with Gasteiger partial charge >= 0.3 is 0 Å². The van der Waals surface area contributed by atoms with Gasteiger partial charge in [-0.2, -0.15) is 0 Å². The molecule has 3 nitrogen and oxygen atoms in total. The number of hydrogen-bond acceptors (Lipinski definition) is 5. The number of nitrogens with zero attached hydrogens (tertiary/aromatic N) is 1. The van der Waals surface area contributed by atoms with Crippen molar-refractivity contribution in [1.29, 1.82) is 0 Å². The molecular weight excluding hydrogens is 331 g/mol. The van der Waals surface area contributed by atoms with E-state index in [9.17, 15) is 4.39 Å². The van der Waals surface area contributed by atoms with Crippen molar-refractivity contribution in [2.75, 3.05) is 7.11 Å². The number of thiazole rings is 1. The van der Waals surface area contributed by atoms with Crippen LogP contribution < -0.4 is 10.1 Å². The quantitative estimate of drug-likeness (QED) is 0.686. The molecule has 6 heteroatoms. The van der Waals surface area contributed by atoms with Crippen LogP contribution in [0.25, 0.3) is 0 Å². The number of nitrogens with one attached hydrogen (secondary N) is 1. The molecule has 120 valence electrons. The number of hydrogen-bond donors (Lipinski definition) is 1. The summed E-state index contributed by atoms with van der Waals surface area (Å²) >= 11 is 3.34. The van der Waals surface area contributed by atoms with E-state index in [0.717, 1.165) is 11.4 Å². The molecule has 0 aliphatic heterocycles. The van der Waals surface area contributed by atoms with Crippen molar-refractivity contribution in [3.05, 3.63) is 68.6 Å². The lowest BCUT2D eigenvalue weighted by Crippen LogP contribution is -2.23. The minimum absolute atomic E-state index is 0.0788. The molecule has 0 aliphatic carbocycles. The Morgan fingerprint density at radius 1 is 1.26 bits per heavy atom. The Labute approximate surface area is 142 Å². The molecule has 0 radical (unpaired) electrons. The lowest BCUT2D eigenvalue weighted by Gasteiger charge is -2.16. The maximum atomic E-state index is 14.1. The third kappa shape index (κ3) is 4.16. The molecule has 1 aromatic carbocycles. The number of rotatable bonds is 7. The Hall–Kier alpha value is -1.76. The zero-order valence-electron chi connectivity index (χ0n) is 12.7. The molecule has 3 aromatic rings. The van der Waals surface area contributed by atoms with Crippen LogP contribution in [0.15, 0.2) is 47.3 Å². The Kier molecular flexibility index (Phi) is 5.38. The maximum Gasteiger partial charge on any atom is 0.131 e. The molecular formula is C17H17FN2OS2. The molecule has 1 unspecified atom stereocenters. The zero-order chi connectivity index (χ0) is 16.1. The van der Waals surface area contributed by atoms with E-state index < -0.39 is 0 Å². The maximum absolute atomic E-state index is 14.1. The van der Waals surface area contributed by atoms with Crippen LogP contribution in [0, 0.1) is 5.82 Å². The zero-order valence-corrected chi connectivity index (χ0v) is 14.3. The summed E-state index contributed by atoms with van der Waals surface area (Å²) in [5, 5.41) is 8.48. The van der Waals surface area contributed by atoms with Crippen molar-refractivity contribution < 1.29 is 9.13 Å². The summed E-state index contributed by atoms with van der Waals surface area (Å²) in [6.45, 7) is 0.450. The first kappa shape index (κ1) is 16.1. The third-order valence-electron chi connectivity index (χ3n) is 3.53. The minimum Gasteiger partial charge on any atom is -0.497 e. The van der Waals surface area contributed by atoms with E-state index in [2.05, 4.69) is 21.7 Å².